The minimum Gasteiger partial charge on any atom is -0.320 e. The maximum atomic E-state index is 13.6. The lowest BCUT2D eigenvalue weighted by Gasteiger charge is -2.26. The van der Waals surface area contributed by atoms with Gasteiger partial charge in [0.05, 0.1) is 6.04 Å². The van der Waals surface area contributed by atoms with Crippen LogP contribution in [0.2, 0.25) is 5.02 Å². The van der Waals surface area contributed by atoms with E-state index in [2.05, 4.69) is 26.8 Å². The molecule has 2 aromatic carbocycles. The summed E-state index contributed by atoms with van der Waals surface area (Å²) in [5, 5.41) is 0.370. The second-order valence-corrected chi connectivity index (χ2v) is 6.85. The van der Waals surface area contributed by atoms with Gasteiger partial charge in [-0.15, -0.1) is 0 Å². The largest absolute Gasteiger partial charge is 0.320 e. The van der Waals surface area contributed by atoms with Crippen LogP contribution in [0.25, 0.3) is 0 Å². The number of hydrogen-bond donors (Lipinski definition) is 1. The van der Waals surface area contributed by atoms with Crippen molar-refractivity contribution in [3.63, 3.8) is 0 Å². The summed E-state index contributed by atoms with van der Waals surface area (Å²) in [6.45, 7) is 8.17. The summed E-state index contributed by atoms with van der Waals surface area (Å²) in [6.07, 6.45) is 0. The van der Waals surface area contributed by atoms with Crippen molar-refractivity contribution < 1.29 is 4.39 Å². The minimum atomic E-state index is -0.368. The molecule has 0 saturated carbocycles. The van der Waals surface area contributed by atoms with E-state index in [1.54, 1.807) is 13.0 Å². The molecule has 3 heteroatoms. The van der Waals surface area contributed by atoms with E-state index in [0.29, 0.717) is 10.6 Å². The lowest BCUT2D eigenvalue weighted by Crippen LogP contribution is -2.21. The molecule has 0 aromatic heterocycles. The van der Waals surface area contributed by atoms with Crippen LogP contribution in [-0.4, -0.2) is 0 Å². The van der Waals surface area contributed by atoms with E-state index in [1.165, 1.54) is 11.6 Å². The fourth-order valence-electron chi connectivity index (χ4n) is 2.54. The van der Waals surface area contributed by atoms with Gasteiger partial charge in [-0.25, -0.2) is 4.39 Å². The molecule has 112 valence electrons. The van der Waals surface area contributed by atoms with Crippen molar-refractivity contribution in [1.29, 1.82) is 0 Å². The molecule has 0 spiro atoms. The Bertz CT molecular complexity index is 659. The topological polar surface area (TPSA) is 26.0 Å². The molecule has 0 radical (unpaired) electrons. The number of halogens is 2. The van der Waals surface area contributed by atoms with Crippen molar-refractivity contribution in [2.45, 2.75) is 39.2 Å². The predicted molar refractivity (Wildman–Crippen MR) is 87.3 cm³/mol. The Morgan fingerprint density at radius 1 is 1.10 bits per heavy atom. The Hall–Kier alpha value is -1.38. The van der Waals surface area contributed by atoms with Crippen LogP contribution in [-0.2, 0) is 5.41 Å². The van der Waals surface area contributed by atoms with E-state index in [0.717, 1.165) is 11.1 Å². The zero-order chi connectivity index (χ0) is 15.8. The van der Waals surface area contributed by atoms with E-state index < -0.39 is 0 Å². The first-order valence-corrected chi connectivity index (χ1v) is 7.40. The first-order valence-electron chi connectivity index (χ1n) is 7.02. The van der Waals surface area contributed by atoms with Crippen LogP contribution in [0.5, 0.6) is 0 Å². The van der Waals surface area contributed by atoms with Gasteiger partial charge >= 0.3 is 0 Å². The van der Waals surface area contributed by atoms with Gasteiger partial charge in [0, 0.05) is 5.02 Å². The molecule has 0 bridgehead atoms. The fraction of sp³-hybridized carbons (Fsp3) is 0.333. The molecule has 2 N–H and O–H groups in total. The Morgan fingerprint density at radius 2 is 1.71 bits per heavy atom. The van der Waals surface area contributed by atoms with Crippen LogP contribution < -0.4 is 5.73 Å². The average Bonchev–Trinajstić information content (AvgIpc) is 2.41. The van der Waals surface area contributed by atoms with Crippen molar-refractivity contribution in [2.75, 3.05) is 0 Å². The number of aryl methyl sites for hydroxylation is 1. The maximum Gasteiger partial charge on any atom is 0.127 e. The molecule has 0 amide bonds. The molecule has 0 aliphatic carbocycles. The third-order valence-corrected chi connectivity index (χ3v) is 4.04. The van der Waals surface area contributed by atoms with Crippen LogP contribution in [0.1, 0.15) is 49.1 Å². The normalized spacial score (nSPS) is 13.3. The first-order chi connectivity index (χ1) is 9.71. The Labute approximate surface area is 130 Å². The van der Waals surface area contributed by atoms with Crippen LogP contribution in [0.15, 0.2) is 36.4 Å². The second kappa shape index (κ2) is 5.78. The summed E-state index contributed by atoms with van der Waals surface area (Å²) in [6, 6.07) is 10.8. The summed E-state index contributed by atoms with van der Waals surface area (Å²) < 4.78 is 13.6. The molecule has 1 unspecified atom stereocenters. The van der Waals surface area contributed by atoms with Gasteiger partial charge in [-0.1, -0.05) is 56.6 Å². The Morgan fingerprint density at radius 3 is 2.33 bits per heavy atom. The molecule has 2 aromatic rings. The summed E-state index contributed by atoms with van der Waals surface area (Å²) in [5.74, 6) is -0.306. The molecule has 1 atom stereocenters. The lowest BCUT2D eigenvalue weighted by atomic mass is 9.80. The summed E-state index contributed by atoms with van der Waals surface area (Å²) in [4.78, 5) is 0. The van der Waals surface area contributed by atoms with Gasteiger partial charge in [0.15, 0.2) is 0 Å². The summed E-state index contributed by atoms with van der Waals surface area (Å²) in [7, 11) is 0. The highest BCUT2D eigenvalue weighted by atomic mass is 35.5. The van der Waals surface area contributed by atoms with Crippen LogP contribution >= 0.6 is 11.6 Å². The zero-order valence-electron chi connectivity index (χ0n) is 12.9. The molecule has 0 fully saturated rings. The molecular formula is C18H21ClFN. The van der Waals surface area contributed by atoms with Crippen molar-refractivity contribution in [2.24, 2.45) is 5.73 Å². The minimum absolute atomic E-state index is 0.0181. The molecule has 21 heavy (non-hydrogen) atoms. The number of benzene rings is 2. The molecular weight excluding hydrogens is 285 g/mol. The highest BCUT2D eigenvalue weighted by molar-refractivity contribution is 6.31. The standard InChI is InChI=1S/C18H21ClFN/c1-11-9-13(15(19)10-16(11)20)17(21)12-7-5-6-8-14(12)18(2,3)4/h5-10,17H,21H2,1-4H3. The van der Waals surface area contributed by atoms with Crippen LogP contribution in [0.3, 0.4) is 0 Å². The van der Waals surface area contributed by atoms with Crippen molar-refractivity contribution in [3.8, 4) is 0 Å². The smallest absolute Gasteiger partial charge is 0.127 e. The van der Waals surface area contributed by atoms with Crippen molar-refractivity contribution in [3.05, 3.63) is 69.5 Å². The SMILES string of the molecule is Cc1cc(C(N)c2ccccc2C(C)(C)C)c(Cl)cc1F. The predicted octanol–water partition coefficient (Wildman–Crippen LogP) is 5.13. The molecule has 2 rings (SSSR count). The summed E-state index contributed by atoms with van der Waals surface area (Å²) >= 11 is 6.19. The van der Waals surface area contributed by atoms with E-state index in [4.69, 9.17) is 17.3 Å². The molecule has 1 nitrogen and oxygen atoms in total. The van der Waals surface area contributed by atoms with Gasteiger partial charge < -0.3 is 5.73 Å². The van der Waals surface area contributed by atoms with E-state index in [1.807, 2.05) is 18.2 Å². The Balaban J connectivity index is 2.56. The lowest BCUT2D eigenvalue weighted by molar-refractivity contribution is 0.577. The number of rotatable bonds is 2. The second-order valence-electron chi connectivity index (χ2n) is 6.44. The Kier molecular flexibility index (Phi) is 4.40. The van der Waals surface area contributed by atoms with E-state index in [9.17, 15) is 4.39 Å². The molecule has 0 aliphatic heterocycles. The molecule has 0 saturated heterocycles. The number of hydrogen-bond acceptors (Lipinski definition) is 1. The van der Waals surface area contributed by atoms with Crippen molar-refractivity contribution in [1.82, 2.24) is 0 Å². The van der Waals surface area contributed by atoms with Crippen LogP contribution in [0, 0.1) is 12.7 Å². The maximum absolute atomic E-state index is 13.6. The third kappa shape index (κ3) is 3.28. The summed E-state index contributed by atoms with van der Waals surface area (Å²) in [5.41, 5.74) is 9.92. The van der Waals surface area contributed by atoms with Gasteiger partial charge in [0.2, 0.25) is 0 Å². The monoisotopic (exact) mass is 305 g/mol. The van der Waals surface area contributed by atoms with Gasteiger partial charge in [0.25, 0.3) is 0 Å². The van der Waals surface area contributed by atoms with Gasteiger partial charge in [-0.3, -0.25) is 0 Å². The number of nitrogens with two attached hydrogens (primary N) is 1. The quantitative estimate of drug-likeness (QED) is 0.817. The van der Waals surface area contributed by atoms with E-state index in [-0.39, 0.29) is 17.3 Å². The zero-order valence-corrected chi connectivity index (χ0v) is 13.6. The first kappa shape index (κ1) is 16.0. The van der Waals surface area contributed by atoms with Gasteiger partial charge in [0.1, 0.15) is 5.82 Å². The highest BCUT2D eigenvalue weighted by Crippen LogP contribution is 2.34. The molecule has 0 aliphatic rings. The van der Waals surface area contributed by atoms with E-state index >= 15 is 0 Å². The highest BCUT2D eigenvalue weighted by Gasteiger charge is 2.23. The van der Waals surface area contributed by atoms with Crippen molar-refractivity contribution >= 4 is 11.6 Å². The average molecular weight is 306 g/mol. The fourth-order valence-corrected chi connectivity index (χ4v) is 2.80. The van der Waals surface area contributed by atoms with Gasteiger partial charge in [-0.2, -0.15) is 0 Å². The van der Waals surface area contributed by atoms with Crippen LogP contribution in [0.4, 0.5) is 4.39 Å². The van der Waals surface area contributed by atoms with Gasteiger partial charge in [-0.05, 0) is 46.7 Å². The molecule has 0 heterocycles. The third-order valence-electron chi connectivity index (χ3n) is 3.72.